The molecule has 1 N–H and O–H groups in total. The van der Waals surface area contributed by atoms with Gasteiger partial charge in [0.05, 0.1) is 5.75 Å². The van der Waals surface area contributed by atoms with Crippen molar-refractivity contribution in [2.45, 2.75) is 39.2 Å². The van der Waals surface area contributed by atoms with Crippen LogP contribution in [-0.4, -0.2) is 55.0 Å². The molecule has 1 aliphatic rings. The van der Waals surface area contributed by atoms with Crippen molar-refractivity contribution in [3.05, 3.63) is 0 Å². The second-order valence-electron chi connectivity index (χ2n) is 5.09. The van der Waals surface area contributed by atoms with Crippen LogP contribution in [0, 0.1) is 5.92 Å². The van der Waals surface area contributed by atoms with Gasteiger partial charge in [-0.15, -0.1) is 0 Å². The number of likely N-dealkylation sites (tertiary alicyclic amines) is 1. The molecule has 18 heavy (non-hydrogen) atoms. The van der Waals surface area contributed by atoms with Gasteiger partial charge in [-0.2, -0.15) is 0 Å². The predicted molar refractivity (Wildman–Crippen MR) is 70.3 cm³/mol. The van der Waals surface area contributed by atoms with Gasteiger partial charge in [0.25, 0.3) is 0 Å². The molecule has 2 atom stereocenters. The number of hydrogen-bond donors (Lipinski definition) is 1. The molecule has 1 saturated heterocycles. The Hall–Kier alpha value is -0.620. The van der Waals surface area contributed by atoms with Gasteiger partial charge in [0.2, 0.25) is 0 Å². The number of carboxylic acid groups (broad SMARTS) is 1. The highest BCUT2D eigenvalue weighted by Gasteiger charge is 2.34. The van der Waals surface area contributed by atoms with Crippen LogP contribution in [0.1, 0.15) is 33.1 Å². The zero-order valence-electron chi connectivity index (χ0n) is 11.1. The summed E-state index contributed by atoms with van der Waals surface area (Å²) >= 11 is 0. The maximum atomic E-state index is 11.7. The Morgan fingerprint density at radius 3 is 2.61 bits per heavy atom. The molecule has 2 unspecified atom stereocenters. The highest BCUT2D eigenvalue weighted by atomic mass is 32.2. The highest BCUT2D eigenvalue weighted by Crippen LogP contribution is 2.23. The second kappa shape index (κ2) is 6.52. The maximum absolute atomic E-state index is 11.7. The van der Waals surface area contributed by atoms with E-state index in [1.807, 2.05) is 18.7 Å². The molecule has 106 valence electrons. The summed E-state index contributed by atoms with van der Waals surface area (Å²) in [5, 5.41) is 9.22. The summed E-state index contributed by atoms with van der Waals surface area (Å²) in [7, 11) is -3.03. The largest absolute Gasteiger partial charge is 0.480 e. The molecule has 0 aromatic rings. The molecule has 5 nitrogen and oxygen atoms in total. The molecule has 0 saturated carbocycles. The Bertz CT molecular complexity index is 380. The summed E-state index contributed by atoms with van der Waals surface area (Å²) in [4.78, 5) is 13.0. The fourth-order valence-corrected chi connectivity index (χ4v) is 3.93. The van der Waals surface area contributed by atoms with Crippen molar-refractivity contribution < 1.29 is 18.3 Å². The molecular weight excluding hydrogens is 254 g/mol. The van der Waals surface area contributed by atoms with Crippen LogP contribution < -0.4 is 0 Å². The number of sulfone groups is 1. The third-order valence-corrected chi connectivity index (χ3v) is 5.33. The second-order valence-corrected chi connectivity index (χ2v) is 7.39. The van der Waals surface area contributed by atoms with Crippen molar-refractivity contribution in [1.82, 2.24) is 4.90 Å². The van der Waals surface area contributed by atoms with Crippen molar-refractivity contribution in [2.75, 3.05) is 24.6 Å². The van der Waals surface area contributed by atoms with Crippen LogP contribution in [0.2, 0.25) is 0 Å². The monoisotopic (exact) mass is 277 g/mol. The standard InChI is InChI=1S/C12H23NO4S/c1-3-8-18(16,17)9-7-13-6-4-5-10(2)11(13)12(14)15/h10-11H,3-9H2,1-2H3,(H,14,15). The average molecular weight is 277 g/mol. The lowest BCUT2D eigenvalue weighted by atomic mass is 9.91. The number of nitrogens with zero attached hydrogens (tertiary/aromatic N) is 1. The first-order valence-corrected chi connectivity index (χ1v) is 8.37. The van der Waals surface area contributed by atoms with Crippen LogP contribution in [0.5, 0.6) is 0 Å². The first-order chi connectivity index (χ1) is 8.37. The number of rotatable bonds is 6. The lowest BCUT2D eigenvalue weighted by Gasteiger charge is -2.37. The van der Waals surface area contributed by atoms with E-state index in [2.05, 4.69) is 0 Å². The molecule has 1 rings (SSSR count). The topological polar surface area (TPSA) is 74.7 Å². The third-order valence-electron chi connectivity index (χ3n) is 3.49. The van der Waals surface area contributed by atoms with Gasteiger partial charge in [0, 0.05) is 12.3 Å². The predicted octanol–water partition coefficient (Wildman–Crippen LogP) is 0.996. The molecule has 0 amide bonds. The molecule has 0 aromatic heterocycles. The van der Waals surface area contributed by atoms with E-state index in [1.54, 1.807) is 0 Å². The van der Waals surface area contributed by atoms with Crippen molar-refractivity contribution in [3.8, 4) is 0 Å². The van der Waals surface area contributed by atoms with Crippen LogP contribution >= 0.6 is 0 Å². The Balaban J connectivity index is 2.61. The van der Waals surface area contributed by atoms with E-state index in [0.29, 0.717) is 19.5 Å². The zero-order valence-corrected chi connectivity index (χ0v) is 11.9. The molecule has 1 aliphatic heterocycles. The smallest absolute Gasteiger partial charge is 0.321 e. The van der Waals surface area contributed by atoms with Gasteiger partial charge in [-0.05, 0) is 31.7 Å². The van der Waals surface area contributed by atoms with E-state index in [9.17, 15) is 18.3 Å². The first-order valence-electron chi connectivity index (χ1n) is 6.54. The van der Waals surface area contributed by atoms with E-state index in [4.69, 9.17) is 0 Å². The van der Waals surface area contributed by atoms with Crippen molar-refractivity contribution in [1.29, 1.82) is 0 Å². The molecule has 6 heteroatoms. The van der Waals surface area contributed by atoms with Crippen molar-refractivity contribution in [3.63, 3.8) is 0 Å². The summed E-state index contributed by atoms with van der Waals surface area (Å²) in [6.45, 7) is 4.78. The molecule has 0 radical (unpaired) electrons. The summed E-state index contributed by atoms with van der Waals surface area (Å²) in [5.74, 6) is -0.494. The van der Waals surface area contributed by atoms with Gasteiger partial charge in [0.1, 0.15) is 6.04 Å². The van der Waals surface area contributed by atoms with Crippen LogP contribution in [0.15, 0.2) is 0 Å². The van der Waals surface area contributed by atoms with Gasteiger partial charge < -0.3 is 5.11 Å². The van der Waals surface area contributed by atoms with Gasteiger partial charge in [-0.1, -0.05) is 13.8 Å². The normalized spacial score (nSPS) is 26.1. The van der Waals surface area contributed by atoms with E-state index in [0.717, 1.165) is 12.8 Å². The third kappa shape index (κ3) is 4.24. The van der Waals surface area contributed by atoms with Gasteiger partial charge >= 0.3 is 5.97 Å². The van der Waals surface area contributed by atoms with E-state index < -0.39 is 21.8 Å². The van der Waals surface area contributed by atoms with Crippen molar-refractivity contribution >= 4 is 15.8 Å². The Kier molecular flexibility index (Phi) is 5.59. The fourth-order valence-electron chi connectivity index (χ4n) is 2.59. The van der Waals surface area contributed by atoms with Crippen LogP contribution in [0.25, 0.3) is 0 Å². The number of carboxylic acids is 1. The van der Waals surface area contributed by atoms with E-state index in [-0.39, 0.29) is 17.4 Å². The van der Waals surface area contributed by atoms with Gasteiger partial charge in [0.15, 0.2) is 9.84 Å². The summed E-state index contributed by atoms with van der Waals surface area (Å²) in [6.07, 6.45) is 2.45. The van der Waals surface area contributed by atoms with Crippen LogP contribution in [0.4, 0.5) is 0 Å². The summed E-state index contributed by atoms with van der Waals surface area (Å²) in [5.41, 5.74) is 0. The number of aliphatic carboxylic acids is 1. The molecule has 0 bridgehead atoms. The zero-order chi connectivity index (χ0) is 13.8. The number of piperidine rings is 1. The molecule has 1 fully saturated rings. The van der Waals surface area contributed by atoms with Gasteiger partial charge in [-0.3, -0.25) is 9.69 Å². The van der Waals surface area contributed by atoms with Crippen molar-refractivity contribution in [2.24, 2.45) is 5.92 Å². The SMILES string of the molecule is CCCS(=O)(=O)CCN1CCCC(C)C1C(=O)O. The molecule has 1 heterocycles. The number of carbonyl (C=O) groups is 1. The Morgan fingerprint density at radius 1 is 1.39 bits per heavy atom. The molecule has 0 spiro atoms. The minimum atomic E-state index is -3.03. The summed E-state index contributed by atoms with van der Waals surface area (Å²) < 4.78 is 23.3. The molecule has 0 aromatic carbocycles. The minimum Gasteiger partial charge on any atom is -0.480 e. The molecule has 0 aliphatic carbocycles. The highest BCUT2D eigenvalue weighted by molar-refractivity contribution is 7.91. The minimum absolute atomic E-state index is 0.0668. The van der Waals surface area contributed by atoms with E-state index in [1.165, 1.54) is 0 Å². The van der Waals surface area contributed by atoms with Crippen LogP contribution in [0.3, 0.4) is 0 Å². The molecular formula is C12H23NO4S. The van der Waals surface area contributed by atoms with Gasteiger partial charge in [-0.25, -0.2) is 8.42 Å². The maximum Gasteiger partial charge on any atom is 0.321 e. The Morgan fingerprint density at radius 2 is 2.06 bits per heavy atom. The first kappa shape index (κ1) is 15.4. The fraction of sp³-hybridized carbons (Fsp3) is 0.917. The lowest BCUT2D eigenvalue weighted by Crippen LogP contribution is -2.50. The quantitative estimate of drug-likeness (QED) is 0.784. The van der Waals surface area contributed by atoms with Crippen LogP contribution in [-0.2, 0) is 14.6 Å². The number of hydrogen-bond acceptors (Lipinski definition) is 4. The lowest BCUT2D eigenvalue weighted by molar-refractivity contribution is -0.146. The average Bonchev–Trinajstić information content (AvgIpc) is 2.26. The van der Waals surface area contributed by atoms with E-state index >= 15 is 0 Å². The Labute approximate surface area is 109 Å². The summed E-state index contributed by atoms with van der Waals surface area (Å²) in [6, 6.07) is -0.532.